The maximum absolute atomic E-state index is 11.9. The van der Waals surface area contributed by atoms with E-state index in [-0.39, 0.29) is 18.0 Å². The Morgan fingerprint density at radius 3 is 2.24 bits per heavy atom. The van der Waals surface area contributed by atoms with Crippen LogP contribution in [0.15, 0.2) is 42.0 Å². The first kappa shape index (κ1) is 13.5. The monoisotopic (exact) mass is 232 g/mol. The van der Waals surface area contributed by atoms with Gasteiger partial charge in [0.1, 0.15) is 6.10 Å². The molecule has 0 aliphatic carbocycles. The SMILES string of the molecule is CC=C(C(=O)OC(C)c1ccccc1)C(C)C. The van der Waals surface area contributed by atoms with E-state index >= 15 is 0 Å². The smallest absolute Gasteiger partial charge is 0.334 e. The molecular formula is C15H20O2. The predicted molar refractivity (Wildman–Crippen MR) is 69.5 cm³/mol. The van der Waals surface area contributed by atoms with Crippen molar-refractivity contribution in [2.45, 2.75) is 33.8 Å². The maximum atomic E-state index is 11.9. The van der Waals surface area contributed by atoms with Crippen molar-refractivity contribution in [3.05, 3.63) is 47.5 Å². The Labute approximate surface area is 103 Å². The number of esters is 1. The van der Waals surface area contributed by atoms with Crippen molar-refractivity contribution in [1.29, 1.82) is 0 Å². The van der Waals surface area contributed by atoms with Gasteiger partial charge in [-0.2, -0.15) is 0 Å². The van der Waals surface area contributed by atoms with Crippen LogP contribution in [-0.2, 0) is 9.53 Å². The fourth-order valence-corrected chi connectivity index (χ4v) is 1.71. The van der Waals surface area contributed by atoms with Crippen molar-refractivity contribution in [3.8, 4) is 0 Å². The predicted octanol–water partition coefficient (Wildman–Crippen LogP) is 3.89. The molecular weight excluding hydrogens is 212 g/mol. The highest BCUT2D eigenvalue weighted by atomic mass is 16.5. The number of ether oxygens (including phenoxy) is 1. The van der Waals surface area contributed by atoms with Crippen molar-refractivity contribution >= 4 is 5.97 Å². The number of benzene rings is 1. The van der Waals surface area contributed by atoms with Gasteiger partial charge in [0.15, 0.2) is 0 Å². The molecule has 0 aliphatic heterocycles. The van der Waals surface area contributed by atoms with Gasteiger partial charge < -0.3 is 4.74 Å². The molecule has 0 aromatic heterocycles. The van der Waals surface area contributed by atoms with E-state index in [0.717, 1.165) is 11.1 Å². The Morgan fingerprint density at radius 1 is 1.18 bits per heavy atom. The second kappa shape index (κ2) is 6.24. The molecule has 0 saturated carbocycles. The van der Waals surface area contributed by atoms with Gasteiger partial charge >= 0.3 is 5.97 Å². The van der Waals surface area contributed by atoms with E-state index in [9.17, 15) is 4.79 Å². The molecule has 2 nitrogen and oxygen atoms in total. The Balaban J connectivity index is 2.70. The quantitative estimate of drug-likeness (QED) is 0.581. The summed E-state index contributed by atoms with van der Waals surface area (Å²) < 4.78 is 5.44. The van der Waals surface area contributed by atoms with Crippen molar-refractivity contribution in [1.82, 2.24) is 0 Å². The number of hydrogen-bond acceptors (Lipinski definition) is 2. The van der Waals surface area contributed by atoms with Gasteiger partial charge in [-0.15, -0.1) is 0 Å². The fourth-order valence-electron chi connectivity index (χ4n) is 1.71. The third-order valence-corrected chi connectivity index (χ3v) is 2.72. The molecule has 1 aromatic rings. The molecule has 1 unspecified atom stereocenters. The molecule has 0 heterocycles. The topological polar surface area (TPSA) is 26.3 Å². The van der Waals surface area contributed by atoms with Crippen LogP contribution < -0.4 is 0 Å². The number of carbonyl (C=O) groups is 1. The Hall–Kier alpha value is -1.57. The average Bonchev–Trinajstić information content (AvgIpc) is 2.30. The molecule has 1 aromatic carbocycles. The van der Waals surface area contributed by atoms with Crippen LogP contribution in [0.2, 0.25) is 0 Å². The molecule has 0 saturated heterocycles. The van der Waals surface area contributed by atoms with Gasteiger partial charge in [0.2, 0.25) is 0 Å². The van der Waals surface area contributed by atoms with Crippen molar-refractivity contribution < 1.29 is 9.53 Å². The van der Waals surface area contributed by atoms with Crippen LogP contribution >= 0.6 is 0 Å². The van der Waals surface area contributed by atoms with Crippen LogP contribution in [0.4, 0.5) is 0 Å². The molecule has 0 bridgehead atoms. The number of allylic oxidation sites excluding steroid dienone is 1. The number of carbonyl (C=O) groups excluding carboxylic acids is 1. The largest absolute Gasteiger partial charge is 0.454 e. The third kappa shape index (κ3) is 3.74. The van der Waals surface area contributed by atoms with E-state index in [1.165, 1.54) is 0 Å². The molecule has 0 aliphatic rings. The second-order valence-corrected chi connectivity index (χ2v) is 4.36. The lowest BCUT2D eigenvalue weighted by atomic mass is 10.0. The molecule has 2 heteroatoms. The Kier molecular flexibility index (Phi) is 4.95. The molecule has 1 rings (SSSR count). The number of rotatable bonds is 4. The summed E-state index contributed by atoms with van der Waals surface area (Å²) in [7, 11) is 0. The first-order valence-electron chi connectivity index (χ1n) is 5.98. The average molecular weight is 232 g/mol. The van der Waals surface area contributed by atoms with Crippen molar-refractivity contribution in [3.63, 3.8) is 0 Å². The molecule has 0 amide bonds. The maximum Gasteiger partial charge on any atom is 0.334 e. The van der Waals surface area contributed by atoms with E-state index in [2.05, 4.69) is 0 Å². The first-order valence-corrected chi connectivity index (χ1v) is 5.98. The Bertz CT molecular complexity index is 391. The van der Waals surface area contributed by atoms with E-state index < -0.39 is 0 Å². The van der Waals surface area contributed by atoms with Crippen molar-refractivity contribution in [2.75, 3.05) is 0 Å². The van der Waals surface area contributed by atoms with Gasteiger partial charge in [0, 0.05) is 5.57 Å². The summed E-state index contributed by atoms with van der Waals surface area (Å²) in [6.45, 7) is 7.73. The summed E-state index contributed by atoms with van der Waals surface area (Å²) in [5, 5.41) is 0. The van der Waals surface area contributed by atoms with E-state index in [1.54, 1.807) is 0 Å². The van der Waals surface area contributed by atoms with Gasteiger partial charge in [-0.05, 0) is 25.3 Å². The van der Waals surface area contributed by atoms with Gasteiger partial charge in [0.25, 0.3) is 0 Å². The fraction of sp³-hybridized carbons (Fsp3) is 0.400. The normalized spacial score (nSPS) is 13.6. The summed E-state index contributed by atoms with van der Waals surface area (Å²) in [6, 6.07) is 9.76. The van der Waals surface area contributed by atoms with Crippen LogP contribution in [0.1, 0.15) is 39.4 Å². The van der Waals surface area contributed by atoms with E-state index in [1.807, 2.05) is 64.1 Å². The molecule has 0 fully saturated rings. The van der Waals surface area contributed by atoms with Crippen molar-refractivity contribution in [2.24, 2.45) is 5.92 Å². The minimum atomic E-state index is -0.223. The molecule has 92 valence electrons. The van der Waals surface area contributed by atoms with Crippen LogP contribution in [0.5, 0.6) is 0 Å². The van der Waals surface area contributed by atoms with E-state index in [4.69, 9.17) is 4.74 Å². The molecule has 0 spiro atoms. The summed E-state index contributed by atoms with van der Waals surface area (Å²) in [4.78, 5) is 11.9. The molecule has 17 heavy (non-hydrogen) atoms. The lowest BCUT2D eigenvalue weighted by Gasteiger charge is -2.16. The standard InChI is InChI=1S/C15H20O2/c1-5-14(11(2)3)15(16)17-12(4)13-9-7-6-8-10-13/h5-12H,1-4H3. The lowest BCUT2D eigenvalue weighted by molar-refractivity contribution is -0.144. The van der Waals surface area contributed by atoms with Gasteiger partial charge in [-0.25, -0.2) is 4.79 Å². The number of hydrogen-bond donors (Lipinski definition) is 0. The van der Waals surface area contributed by atoms with Crippen LogP contribution in [0, 0.1) is 5.92 Å². The molecule has 0 radical (unpaired) electrons. The zero-order valence-electron chi connectivity index (χ0n) is 10.9. The zero-order chi connectivity index (χ0) is 12.8. The van der Waals surface area contributed by atoms with E-state index in [0.29, 0.717) is 0 Å². The van der Waals surface area contributed by atoms with Gasteiger partial charge in [0.05, 0.1) is 0 Å². The highest BCUT2D eigenvalue weighted by Crippen LogP contribution is 2.20. The third-order valence-electron chi connectivity index (χ3n) is 2.72. The van der Waals surface area contributed by atoms with Gasteiger partial charge in [-0.3, -0.25) is 0 Å². The highest BCUT2D eigenvalue weighted by Gasteiger charge is 2.17. The highest BCUT2D eigenvalue weighted by molar-refractivity contribution is 5.88. The minimum Gasteiger partial charge on any atom is -0.454 e. The van der Waals surface area contributed by atoms with Crippen LogP contribution in [-0.4, -0.2) is 5.97 Å². The zero-order valence-corrected chi connectivity index (χ0v) is 10.9. The summed E-state index contributed by atoms with van der Waals surface area (Å²) >= 11 is 0. The molecule has 0 N–H and O–H groups in total. The van der Waals surface area contributed by atoms with Gasteiger partial charge in [-0.1, -0.05) is 50.3 Å². The van der Waals surface area contributed by atoms with Crippen LogP contribution in [0.25, 0.3) is 0 Å². The Morgan fingerprint density at radius 2 is 1.76 bits per heavy atom. The minimum absolute atomic E-state index is 0.190. The van der Waals surface area contributed by atoms with Crippen LogP contribution in [0.3, 0.4) is 0 Å². The summed E-state index contributed by atoms with van der Waals surface area (Å²) in [5.41, 5.74) is 1.74. The lowest BCUT2D eigenvalue weighted by Crippen LogP contribution is -2.14. The summed E-state index contributed by atoms with van der Waals surface area (Å²) in [6.07, 6.45) is 1.61. The first-order chi connectivity index (χ1) is 8.06. The summed E-state index contributed by atoms with van der Waals surface area (Å²) in [5.74, 6) is -0.0330. The molecule has 1 atom stereocenters. The second-order valence-electron chi connectivity index (χ2n) is 4.36.